The molecule has 0 aromatic carbocycles. The van der Waals surface area contributed by atoms with Crippen molar-refractivity contribution in [3.05, 3.63) is 23.3 Å². The predicted molar refractivity (Wildman–Crippen MR) is 111 cm³/mol. The van der Waals surface area contributed by atoms with Gasteiger partial charge in [0, 0.05) is 24.7 Å². The molecule has 29 heavy (non-hydrogen) atoms. The molecule has 0 radical (unpaired) electrons. The Labute approximate surface area is 174 Å². The van der Waals surface area contributed by atoms with Crippen molar-refractivity contribution in [1.29, 1.82) is 0 Å². The van der Waals surface area contributed by atoms with E-state index >= 15 is 0 Å². The molecule has 2 saturated carbocycles. The van der Waals surface area contributed by atoms with Crippen LogP contribution in [0.15, 0.2) is 23.3 Å². The summed E-state index contributed by atoms with van der Waals surface area (Å²) in [6.07, 6.45) is 8.92. The van der Waals surface area contributed by atoms with Crippen molar-refractivity contribution in [3.8, 4) is 0 Å². The highest BCUT2D eigenvalue weighted by atomic mass is 16.5. The van der Waals surface area contributed by atoms with E-state index in [0.29, 0.717) is 30.1 Å². The third kappa shape index (κ3) is 3.05. The molecule has 0 bridgehead atoms. The molecule has 7 unspecified atom stereocenters. The second-order valence-electron chi connectivity index (χ2n) is 10.6. The topological polar surface area (TPSA) is 60.4 Å². The molecule has 0 aromatic rings. The van der Waals surface area contributed by atoms with Gasteiger partial charge in [0.2, 0.25) is 0 Å². The first-order valence-corrected chi connectivity index (χ1v) is 11.2. The molecule has 2 fully saturated rings. The quantitative estimate of drug-likeness (QED) is 0.512. The lowest BCUT2D eigenvalue weighted by Crippen LogP contribution is -2.47. The average molecular weight is 399 g/mol. The standard InChI is InChI=1S/C25H34O4/c1-14-10-18-19(24(4)8-6-17(27)12-20(14)24)7-9-25(5)21(18)11-15(2)23(25)22(28)13-29-16(3)26/h7,12,14-15,18,21,23H,6,8-11,13H2,1-5H3. The van der Waals surface area contributed by atoms with Crippen LogP contribution in [0, 0.1) is 40.4 Å². The molecular weight excluding hydrogens is 364 g/mol. The van der Waals surface area contributed by atoms with Crippen LogP contribution in [0.2, 0.25) is 0 Å². The molecule has 0 amide bonds. The Balaban J connectivity index is 1.68. The van der Waals surface area contributed by atoms with Crippen LogP contribution in [0.5, 0.6) is 0 Å². The number of Topliss-reactive ketones (excluding diaryl/α,β-unsaturated/α-hetero) is 1. The molecular formula is C25H34O4. The van der Waals surface area contributed by atoms with E-state index in [1.807, 2.05) is 6.08 Å². The summed E-state index contributed by atoms with van der Waals surface area (Å²) in [7, 11) is 0. The molecule has 4 aliphatic carbocycles. The van der Waals surface area contributed by atoms with E-state index in [-0.39, 0.29) is 34.9 Å². The van der Waals surface area contributed by atoms with Gasteiger partial charge in [-0.15, -0.1) is 0 Å². The number of rotatable bonds is 3. The number of carbonyl (C=O) groups is 3. The first kappa shape index (κ1) is 20.6. The molecule has 0 N–H and O–H groups in total. The van der Waals surface area contributed by atoms with E-state index in [9.17, 15) is 14.4 Å². The highest BCUT2D eigenvalue weighted by molar-refractivity contribution is 5.92. The summed E-state index contributed by atoms with van der Waals surface area (Å²) in [5, 5.41) is 0. The van der Waals surface area contributed by atoms with Crippen LogP contribution >= 0.6 is 0 Å². The second-order valence-corrected chi connectivity index (χ2v) is 10.6. The first-order valence-electron chi connectivity index (χ1n) is 11.2. The maximum absolute atomic E-state index is 13.0. The molecule has 0 aromatic heterocycles. The maximum atomic E-state index is 13.0. The summed E-state index contributed by atoms with van der Waals surface area (Å²) < 4.78 is 5.07. The van der Waals surface area contributed by atoms with Crippen molar-refractivity contribution in [2.24, 2.45) is 40.4 Å². The minimum Gasteiger partial charge on any atom is -0.458 e. The Bertz CT molecular complexity index is 821. The first-order chi connectivity index (χ1) is 13.6. The molecule has 158 valence electrons. The number of allylic oxidation sites excluding steroid dienone is 4. The fourth-order valence-electron chi connectivity index (χ4n) is 7.59. The van der Waals surface area contributed by atoms with Crippen LogP contribution < -0.4 is 0 Å². The summed E-state index contributed by atoms with van der Waals surface area (Å²) in [5.74, 6) is 1.56. The van der Waals surface area contributed by atoms with Crippen LogP contribution in [0.3, 0.4) is 0 Å². The van der Waals surface area contributed by atoms with Crippen LogP contribution in [0.25, 0.3) is 0 Å². The van der Waals surface area contributed by atoms with Gasteiger partial charge >= 0.3 is 5.97 Å². The van der Waals surface area contributed by atoms with Crippen LogP contribution in [-0.2, 0) is 19.1 Å². The molecule has 4 heteroatoms. The van der Waals surface area contributed by atoms with Gasteiger partial charge < -0.3 is 4.74 Å². The highest BCUT2D eigenvalue weighted by Gasteiger charge is 2.60. The van der Waals surface area contributed by atoms with E-state index in [4.69, 9.17) is 4.74 Å². The van der Waals surface area contributed by atoms with Crippen LogP contribution in [0.4, 0.5) is 0 Å². The third-order valence-electron chi connectivity index (χ3n) is 8.76. The number of carbonyl (C=O) groups excluding carboxylic acids is 3. The van der Waals surface area contributed by atoms with Crippen molar-refractivity contribution < 1.29 is 19.1 Å². The van der Waals surface area contributed by atoms with Crippen molar-refractivity contribution in [2.75, 3.05) is 6.61 Å². The van der Waals surface area contributed by atoms with Gasteiger partial charge in [-0.2, -0.15) is 0 Å². The maximum Gasteiger partial charge on any atom is 0.303 e. The van der Waals surface area contributed by atoms with Gasteiger partial charge in [0.05, 0.1) is 0 Å². The molecule has 7 atom stereocenters. The van der Waals surface area contributed by atoms with E-state index in [1.54, 1.807) is 0 Å². The SMILES string of the molecule is CC(=O)OCC(=O)C1C(C)CC2C3CC(C)C4=CC(=O)CCC4(C)C3=CCC21C. The van der Waals surface area contributed by atoms with Crippen molar-refractivity contribution >= 4 is 17.5 Å². The number of ketones is 2. The fraction of sp³-hybridized carbons (Fsp3) is 0.720. The Morgan fingerprint density at radius 3 is 2.59 bits per heavy atom. The summed E-state index contributed by atoms with van der Waals surface area (Å²) in [4.78, 5) is 36.3. The molecule has 0 spiro atoms. The van der Waals surface area contributed by atoms with Gasteiger partial charge in [-0.1, -0.05) is 44.9 Å². The predicted octanol–water partition coefficient (Wildman–Crippen LogP) is 4.68. The van der Waals surface area contributed by atoms with E-state index in [1.165, 1.54) is 18.1 Å². The molecule has 0 aliphatic heterocycles. The Morgan fingerprint density at radius 1 is 1.17 bits per heavy atom. The van der Waals surface area contributed by atoms with Gasteiger partial charge in [0.1, 0.15) is 6.61 Å². The number of esters is 1. The van der Waals surface area contributed by atoms with Gasteiger partial charge in [0.25, 0.3) is 0 Å². The summed E-state index contributed by atoms with van der Waals surface area (Å²) in [5.41, 5.74) is 2.78. The second kappa shape index (κ2) is 6.92. The van der Waals surface area contributed by atoms with Crippen molar-refractivity contribution in [1.82, 2.24) is 0 Å². The Morgan fingerprint density at radius 2 is 1.90 bits per heavy atom. The Hall–Kier alpha value is -1.71. The molecule has 4 aliphatic rings. The van der Waals surface area contributed by atoms with E-state index in [2.05, 4.69) is 33.8 Å². The summed E-state index contributed by atoms with van der Waals surface area (Å²) >= 11 is 0. The lowest BCUT2D eigenvalue weighted by molar-refractivity contribution is -0.148. The largest absolute Gasteiger partial charge is 0.458 e. The zero-order chi connectivity index (χ0) is 21.1. The number of hydrogen-bond donors (Lipinski definition) is 0. The Kier molecular flexibility index (Phi) is 4.91. The third-order valence-corrected chi connectivity index (χ3v) is 8.76. The van der Waals surface area contributed by atoms with E-state index in [0.717, 1.165) is 25.7 Å². The summed E-state index contributed by atoms with van der Waals surface area (Å²) in [6, 6.07) is 0. The minimum atomic E-state index is -0.392. The molecule has 0 heterocycles. The van der Waals surface area contributed by atoms with Gasteiger partial charge in [0.15, 0.2) is 11.6 Å². The zero-order valence-corrected chi connectivity index (χ0v) is 18.4. The van der Waals surface area contributed by atoms with Gasteiger partial charge in [-0.05, 0) is 60.8 Å². The van der Waals surface area contributed by atoms with Gasteiger partial charge in [-0.3, -0.25) is 14.4 Å². The number of fused-ring (bicyclic) bond motifs is 5. The van der Waals surface area contributed by atoms with Crippen LogP contribution in [0.1, 0.15) is 66.7 Å². The smallest absolute Gasteiger partial charge is 0.303 e. The number of hydrogen-bond acceptors (Lipinski definition) is 4. The monoisotopic (exact) mass is 398 g/mol. The molecule has 0 saturated heterocycles. The zero-order valence-electron chi connectivity index (χ0n) is 18.4. The number of ether oxygens (including phenoxy) is 1. The lowest BCUT2D eigenvalue weighted by atomic mass is 9.49. The van der Waals surface area contributed by atoms with Crippen molar-refractivity contribution in [2.45, 2.75) is 66.7 Å². The fourth-order valence-corrected chi connectivity index (χ4v) is 7.59. The summed E-state index contributed by atoms with van der Waals surface area (Å²) in [6.45, 7) is 10.3. The molecule has 4 rings (SSSR count). The van der Waals surface area contributed by atoms with Crippen LogP contribution in [-0.4, -0.2) is 24.1 Å². The van der Waals surface area contributed by atoms with Gasteiger partial charge in [-0.25, -0.2) is 0 Å². The average Bonchev–Trinajstić information content (AvgIpc) is 2.92. The molecule has 4 nitrogen and oxygen atoms in total. The lowest BCUT2D eigenvalue weighted by Gasteiger charge is -2.55. The minimum absolute atomic E-state index is 0.000643. The van der Waals surface area contributed by atoms with Crippen molar-refractivity contribution in [3.63, 3.8) is 0 Å². The highest BCUT2D eigenvalue weighted by Crippen LogP contribution is 2.66. The van der Waals surface area contributed by atoms with E-state index < -0.39 is 5.97 Å². The normalized spacial score (nSPS) is 43.5.